The minimum absolute atomic E-state index is 0.117. The van der Waals surface area contributed by atoms with Crippen LogP contribution >= 0.6 is 0 Å². The number of hydrogen-bond donors (Lipinski definition) is 2. The lowest BCUT2D eigenvalue weighted by molar-refractivity contribution is -0.121. The Morgan fingerprint density at radius 2 is 1.81 bits per heavy atom. The summed E-state index contributed by atoms with van der Waals surface area (Å²) in [7, 11) is -4.25. The molecule has 0 radical (unpaired) electrons. The van der Waals surface area contributed by atoms with Crippen molar-refractivity contribution in [1.82, 2.24) is 4.72 Å². The van der Waals surface area contributed by atoms with Crippen molar-refractivity contribution in [3.8, 4) is 0 Å². The zero-order valence-corrected chi connectivity index (χ0v) is 14.9. The summed E-state index contributed by atoms with van der Waals surface area (Å²) in [5, 5.41) is 2.73. The molecule has 3 rings (SSSR count). The fourth-order valence-corrected chi connectivity index (χ4v) is 5.07. The van der Waals surface area contributed by atoms with Crippen molar-refractivity contribution in [3.05, 3.63) is 24.3 Å². The summed E-state index contributed by atoms with van der Waals surface area (Å²) in [5.74, 6) is 1.69. The maximum absolute atomic E-state index is 12.2. The van der Waals surface area contributed by atoms with Gasteiger partial charge in [0.25, 0.3) is 0 Å². The molecule has 2 aliphatic rings. The number of nitrogens with one attached hydrogen (secondary N) is 2. The highest BCUT2D eigenvalue weighted by atomic mass is 32.2. The van der Waals surface area contributed by atoms with Gasteiger partial charge in [-0.15, -0.1) is 0 Å². The van der Waals surface area contributed by atoms with E-state index in [-0.39, 0.29) is 10.8 Å². The summed E-state index contributed by atoms with van der Waals surface area (Å²) in [5.41, 5.74) is 0.424. The Labute approximate surface area is 150 Å². The van der Waals surface area contributed by atoms with Crippen LogP contribution < -0.4 is 10.0 Å². The molecule has 2 N–H and O–H groups in total. The number of rotatable bonds is 6. The van der Waals surface area contributed by atoms with E-state index in [9.17, 15) is 26.4 Å². The van der Waals surface area contributed by atoms with Crippen molar-refractivity contribution in [1.29, 1.82) is 0 Å². The van der Waals surface area contributed by atoms with E-state index >= 15 is 0 Å². The summed E-state index contributed by atoms with van der Waals surface area (Å²) in [4.78, 5) is 11.9. The summed E-state index contributed by atoms with van der Waals surface area (Å²) in [6, 6.07) is 5.10. The Bertz CT molecular complexity index is 762. The molecule has 2 bridgehead atoms. The number of amides is 1. The highest BCUT2D eigenvalue weighted by Crippen LogP contribution is 2.49. The van der Waals surface area contributed by atoms with Crippen molar-refractivity contribution in [3.63, 3.8) is 0 Å². The Morgan fingerprint density at radius 3 is 2.35 bits per heavy atom. The van der Waals surface area contributed by atoms with E-state index in [0.29, 0.717) is 23.9 Å². The second-order valence-corrected chi connectivity index (χ2v) is 8.92. The molecule has 0 aliphatic heterocycles. The highest BCUT2D eigenvalue weighted by Gasteiger charge is 2.40. The standard InChI is InChI=1S/C17H21F3N2O3S/c18-17(19,20)10-21-26(24,25)15-5-3-14(4-6-15)22-16(23)9-13-8-11-1-2-12(13)7-11/h3-6,11-13,21H,1-2,7-10H2,(H,22,23)/t11-,12-,13-/m1/s1. The number of fused-ring (bicyclic) bond motifs is 2. The van der Waals surface area contributed by atoms with Crippen LogP contribution in [0.5, 0.6) is 0 Å². The molecule has 144 valence electrons. The Balaban J connectivity index is 1.54. The van der Waals surface area contributed by atoms with Crippen LogP contribution in [0, 0.1) is 17.8 Å². The lowest BCUT2D eigenvalue weighted by atomic mass is 9.86. The quantitative estimate of drug-likeness (QED) is 0.783. The molecule has 5 nitrogen and oxygen atoms in total. The molecule has 0 unspecified atom stereocenters. The van der Waals surface area contributed by atoms with Gasteiger partial charge in [0.1, 0.15) is 6.54 Å². The second kappa shape index (κ2) is 7.19. The summed E-state index contributed by atoms with van der Waals surface area (Å²) in [6.45, 7) is -1.63. The molecule has 1 aromatic rings. The molecular formula is C17H21F3N2O3S. The van der Waals surface area contributed by atoms with Crippen LogP contribution in [0.25, 0.3) is 0 Å². The third-order valence-corrected chi connectivity index (χ3v) is 6.66. The Hall–Kier alpha value is -1.61. The van der Waals surface area contributed by atoms with Gasteiger partial charge in [-0.1, -0.05) is 6.42 Å². The van der Waals surface area contributed by atoms with Crippen molar-refractivity contribution >= 4 is 21.6 Å². The van der Waals surface area contributed by atoms with E-state index in [1.807, 2.05) is 0 Å². The SMILES string of the molecule is O=C(C[C@H]1C[C@@H]2CC[C@@H]1C2)Nc1ccc(S(=O)(=O)NCC(F)(F)F)cc1. The molecule has 2 fully saturated rings. The van der Waals surface area contributed by atoms with Gasteiger partial charge in [-0.2, -0.15) is 13.2 Å². The third-order valence-electron chi connectivity index (χ3n) is 5.24. The van der Waals surface area contributed by atoms with Gasteiger partial charge < -0.3 is 5.32 Å². The lowest BCUT2D eigenvalue weighted by Gasteiger charge is -2.20. The van der Waals surface area contributed by atoms with Gasteiger partial charge in [-0.25, -0.2) is 13.1 Å². The van der Waals surface area contributed by atoms with E-state index in [2.05, 4.69) is 5.32 Å². The van der Waals surface area contributed by atoms with Crippen LogP contribution in [-0.4, -0.2) is 27.0 Å². The zero-order chi connectivity index (χ0) is 18.9. The molecule has 0 aromatic heterocycles. The average molecular weight is 390 g/mol. The smallest absolute Gasteiger partial charge is 0.326 e. The molecule has 26 heavy (non-hydrogen) atoms. The lowest BCUT2D eigenvalue weighted by Crippen LogP contribution is -2.33. The van der Waals surface area contributed by atoms with Crippen molar-refractivity contribution in [2.24, 2.45) is 17.8 Å². The number of benzene rings is 1. The first-order valence-corrected chi connectivity index (χ1v) is 10.1. The van der Waals surface area contributed by atoms with E-state index in [1.165, 1.54) is 48.3 Å². The number of alkyl halides is 3. The average Bonchev–Trinajstić information content (AvgIpc) is 3.16. The maximum atomic E-state index is 12.2. The first-order valence-electron chi connectivity index (χ1n) is 8.59. The number of carbonyl (C=O) groups excluding carboxylic acids is 1. The van der Waals surface area contributed by atoms with Crippen LogP contribution in [0.15, 0.2) is 29.2 Å². The number of hydrogen-bond acceptors (Lipinski definition) is 3. The Kier molecular flexibility index (Phi) is 5.30. The van der Waals surface area contributed by atoms with Gasteiger partial charge in [0.15, 0.2) is 0 Å². The Morgan fingerprint density at radius 1 is 1.12 bits per heavy atom. The normalized spacial score (nSPS) is 25.4. The van der Waals surface area contributed by atoms with Gasteiger partial charge in [0.05, 0.1) is 4.90 Å². The fraction of sp³-hybridized carbons (Fsp3) is 0.588. The first-order chi connectivity index (χ1) is 12.1. The molecule has 9 heteroatoms. The van der Waals surface area contributed by atoms with Gasteiger partial charge in [0, 0.05) is 12.1 Å². The number of carbonyl (C=O) groups is 1. The van der Waals surface area contributed by atoms with Gasteiger partial charge in [-0.3, -0.25) is 4.79 Å². The molecule has 3 atom stereocenters. The van der Waals surface area contributed by atoms with E-state index in [1.54, 1.807) is 0 Å². The zero-order valence-electron chi connectivity index (χ0n) is 14.1. The molecule has 0 spiro atoms. The predicted octanol–water partition coefficient (Wildman–Crippen LogP) is 3.29. The topological polar surface area (TPSA) is 75.3 Å². The highest BCUT2D eigenvalue weighted by molar-refractivity contribution is 7.89. The molecule has 0 saturated heterocycles. The van der Waals surface area contributed by atoms with E-state index in [0.717, 1.165) is 12.3 Å². The summed E-state index contributed by atoms with van der Waals surface area (Å²) in [6.07, 6.45) is 0.603. The number of halogens is 3. The van der Waals surface area contributed by atoms with Crippen molar-refractivity contribution in [2.45, 2.75) is 43.2 Å². The van der Waals surface area contributed by atoms with Gasteiger partial charge >= 0.3 is 6.18 Å². The molecule has 1 aromatic carbocycles. The number of anilines is 1. The molecule has 2 saturated carbocycles. The summed E-state index contributed by atoms with van der Waals surface area (Å²) >= 11 is 0. The second-order valence-electron chi connectivity index (χ2n) is 7.15. The van der Waals surface area contributed by atoms with Crippen molar-refractivity contribution in [2.75, 3.05) is 11.9 Å². The minimum Gasteiger partial charge on any atom is -0.326 e. The van der Waals surface area contributed by atoms with Crippen molar-refractivity contribution < 1.29 is 26.4 Å². The number of sulfonamides is 1. The van der Waals surface area contributed by atoms with Gasteiger partial charge in [-0.05, 0) is 61.3 Å². The fourth-order valence-electron chi connectivity index (χ4n) is 4.05. The van der Waals surface area contributed by atoms with Gasteiger partial charge in [0.2, 0.25) is 15.9 Å². The maximum Gasteiger partial charge on any atom is 0.402 e. The van der Waals surface area contributed by atoms with Crippen LogP contribution in [0.4, 0.5) is 18.9 Å². The molecule has 2 aliphatic carbocycles. The predicted molar refractivity (Wildman–Crippen MR) is 89.9 cm³/mol. The first kappa shape index (κ1) is 19.2. The molecule has 1 amide bonds. The van der Waals surface area contributed by atoms with E-state index < -0.39 is 22.7 Å². The third kappa shape index (κ3) is 4.76. The molecule has 0 heterocycles. The minimum atomic E-state index is -4.62. The monoisotopic (exact) mass is 390 g/mol. The van der Waals surface area contributed by atoms with Crippen LogP contribution in [0.2, 0.25) is 0 Å². The van der Waals surface area contributed by atoms with E-state index in [4.69, 9.17) is 0 Å². The van der Waals surface area contributed by atoms with Crippen LogP contribution in [0.1, 0.15) is 32.1 Å². The largest absolute Gasteiger partial charge is 0.402 e. The molecular weight excluding hydrogens is 369 g/mol. The summed E-state index contributed by atoms with van der Waals surface area (Å²) < 4.78 is 61.6. The van der Waals surface area contributed by atoms with Crippen LogP contribution in [-0.2, 0) is 14.8 Å². The van der Waals surface area contributed by atoms with Crippen LogP contribution in [0.3, 0.4) is 0 Å².